The Morgan fingerprint density at radius 2 is 0.909 bits per heavy atom. The topological polar surface area (TPSA) is 32.3 Å². The van der Waals surface area contributed by atoms with Crippen molar-refractivity contribution in [1.82, 2.24) is 9.97 Å². The van der Waals surface area contributed by atoms with Gasteiger partial charge >= 0.3 is 0 Å². The Morgan fingerprint density at radius 1 is 0.400 bits per heavy atom. The van der Waals surface area contributed by atoms with Crippen LogP contribution < -0.4 is 9.80 Å². The fraction of sp³-hybridized carbons (Fsp3) is 0.0588. The van der Waals surface area contributed by atoms with Gasteiger partial charge in [0.1, 0.15) is 0 Å². The Bertz CT molecular complexity index is 2780. The van der Waals surface area contributed by atoms with Crippen LogP contribution in [-0.4, -0.2) is 9.97 Å². The molecule has 0 N–H and O–H groups in total. The molecule has 9 aromatic rings. The maximum absolute atomic E-state index is 5.29. The average Bonchev–Trinajstić information content (AvgIpc) is 4.07. The molecule has 4 nitrogen and oxygen atoms in total. The smallest absolute Gasteiger partial charge is 0.0782 e. The van der Waals surface area contributed by atoms with Gasteiger partial charge in [0.15, 0.2) is 0 Å². The summed E-state index contributed by atoms with van der Waals surface area (Å²) < 4.78 is 0. The third-order valence-electron chi connectivity index (χ3n) is 11.4. The van der Waals surface area contributed by atoms with Crippen LogP contribution >= 0.6 is 0 Å². The molecule has 1 saturated carbocycles. The van der Waals surface area contributed by atoms with Gasteiger partial charge in [0.25, 0.3) is 0 Å². The molecule has 0 amide bonds. The van der Waals surface area contributed by atoms with E-state index in [1.807, 2.05) is 6.20 Å². The summed E-state index contributed by atoms with van der Waals surface area (Å²) in [4.78, 5) is 15.1. The van der Waals surface area contributed by atoms with E-state index >= 15 is 0 Å². The molecule has 55 heavy (non-hydrogen) atoms. The highest BCUT2D eigenvalue weighted by atomic mass is 15.2. The molecule has 260 valence electrons. The first-order valence-electron chi connectivity index (χ1n) is 19.1. The lowest BCUT2D eigenvalue weighted by Crippen LogP contribution is -2.12. The lowest BCUT2D eigenvalue weighted by molar-refractivity contribution is 0.985. The molecule has 2 aliphatic carbocycles. The second kappa shape index (κ2) is 12.8. The first-order chi connectivity index (χ1) is 27.3. The largest absolute Gasteiger partial charge is 0.309 e. The van der Waals surface area contributed by atoms with Crippen molar-refractivity contribution < 1.29 is 0 Å². The summed E-state index contributed by atoms with van der Waals surface area (Å²) in [6.45, 7) is 0. The highest BCUT2D eigenvalue weighted by Crippen LogP contribution is 2.64. The number of rotatable bonds is 7. The minimum atomic E-state index is 0.440. The van der Waals surface area contributed by atoms with Gasteiger partial charge in [-0.2, -0.15) is 0 Å². The van der Waals surface area contributed by atoms with Crippen LogP contribution in [0.2, 0.25) is 0 Å². The van der Waals surface area contributed by atoms with Crippen LogP contribution in [0.25, 0.3) is 44.1 Å². The molecule has 0 bridgehead atoms. The van der Waals surface area contributed by atoms with Gasteiger partial charge in [-0.3, -0.25) is 9.97 Å². The molecule has 2 unspecified atom stereocenters. The van der Waals surface area contributed by atoms with Crippen molar-refractivity contribution in [1.29, 1.82) is 0 Å². The normalized spacial score (nSPS) is 15.2. The molecule has 0 radical (unpaired) electrons. The second-order valence-electron chi connectivity index (χ2n) is 14.6. The summed E-state index contributed by atoms with van der Waals surface area (Å²) in [5.74, 6) is 0.887. The number of aromatic nitrogens is 2. The van der Waals surface area contributed by atoms with E-state index in [2.05, 4.69) is 198 Å². The van der Waals surface area contributed by atoms with Crippen LogP contribution in [0.15, 0.2) is 194 Å². The van der Waals surface area contributed by atoms with Crippen LogP contribution in [0, 0.1) is 0 Å². The first kappa shape index (κ1) is 31.5. The summed E-state index contributed by atoms with van der Waals surface area (Å²) in [6, 6.07) is 65.0. The van der Waals surface area contributed by atoms with Crippen LogP contribution in [0.4, 0.5) is 34.1 Å². The number of hydrogen-bond donors (Lipinski definition) is 0. The van der Waals surface area contributed by atoms with Crippen molar-refractivity contribution >= 4 is 55.8 Å². The fourth-order valence-electron chi connectivity index (χ4n) is 8.87. The molecule has 4 heteroatoms. The Kier molecular flexibility index (Phi) is 7.34. The van der Waals surface area contributed by atoms with Crippen LogP contribution in [-0.2, 0) is 0 Å². The van der Waals surface area contributed by atoms with Crippen LogP contribution in [0.1, 0.15) is 29.4 Å². The molecule has 2 heterocycles. The molecule has 0 aliphatic heterocycles. The summed E-state index contributed by atoms with van der Waals surface area (Å²) in [7, 11) is 0. The quantitative estimate of drug-likeness (QED) is 0.155. The predicted octanol–water partition coefficient (Wildman–Crippen LogP) is 13.6. The number of anilines is 6. The van der Waals surface area contributed by atoms with E-state index in [4.69, 9.17) is 9.97 Å². The summed E-state index contributed by atoms with van der Waals surface area (Å²) in [5.41, 5.74) is 15.2. The van der Waals surface area contributed by atoms with Gasteiger partial charge in [-0.15, -0.1) is 0 Å². The van der Waals surface area contributed by atoms with Gasteiger partial charge in [-0.25, -0.2) is 0 Å². The number of hydrogen-bond acceptors (Lipinski definition) is 4. The number of nitrogens with zero attached hydrogens (tertiary/aromatic N) is 4. The monoisotopic (exact) mass is 704 g/mol. The molecule has 11 rings (SSSR count). The number of fused-ring (bicyclic) bond motifs is 9. The number of para-hydroxylation sites is 4. The van der Waals surface area contributed by atoms with E-state index in [-0.39, 0.29) is 0 Å². The Hall–Kier alpha value is -7.04. The van der Waals surface area contributed by atoms with Crippen LogP contribution in [0.3, 0.4) is 0 Å². The summed E-state index contributed by atoms with van der Waals surface area (Å²) in [6.07, 6.45) is 5.20. The average molecular weight is 705 g/mol. The maximum atomic E-state index is 5.29. The SMILES string of the molecule is c1ccc(N(c2ccccc2)c2cnc3c(c2)C2CC2c2c-3cccc2-c2cc3cc(N(c4ccccc4)c4ccccc4)cnc3c3ccccc23)cc1. The highest BCUT2D eigenvalue weighted by Gasteiger charge is 2.47. The highest BCUT2D eigenvalue weighted by molar-refractivity contribution is 6.13. The maximum Gasteiger partial charge on any atom is 0.0782 e. The molecule has 0 saturated heterocycles. The van der Waals surface area contributed by atoms with Gasteiger partial charge in [0.2, 0.25) is 0 Å². The summed E-state index contributed by atoms with van der Waals surface area (Å²) in [5, 5.41) is 3.51. The number of benzene rings is 7. The zero-order chi connectivity index (χ0) is 36.3. The van der Waals surface area contributed by atoms with Crippen LogP contribution in [0.5, 0.6) is 0 Å². The van der Waals surface area contributed by atoms with Gasteiger partial charge in [-0.05, 0) is 113 Å². The van der Waals surface area contributed by atoms with E-state index in [9.17, 15) is 0 Å². The summed E-state index contributed by atoms with van der Waals surface area (Å²) >= 11 is 0. The molecule has 2 aromatic heterocycles. The van der Waals surface area contributed by atoms with E-state index in [0.29, 0.717) is 11.8 Å². The Labute approximate surface area is 320 Å². The van der Waals surface area contributed by atoms with Crippen molar-refractivity contribution in [2.45, 2.75) is 18.3 Å². The van der Waals surface area contributed by atoms with E-state index in [0.717, 1.165) is 57.1 Å². The molecule has 2 atom stereocenters. The molecular weight excluding hydrogens is 669 g/mol. The molecule has 2 aliphatic rings. The van der Waals surface area contributed by atoms with Gasteiger partial charge in [0.05, 0.1) is 35.0 Å². The lowest BCUT2D eigenvalue weighted by Gasteiger charge is -2.28. The minimum Gasteiger partial charge on any atom is -0.309 e. The predicted molar refractivity (Wildman–Crippen MR) is 227 cm³/mol. The zero-order valence-corrected chi connectivity index (χ0v) is 30.1. The Balaban J connectivity index is 1.06. The van der Waals surface area contributed by atoms with Gasteiger partial charge in [0, 0.05) is 39.1 Å². The molecule has 0 spiro atoms. The zero-order valence-electron chi connectivity index (χ0n) is 30.1. The third kappa shape index (κ3) is 5.29. The second-order valence-corrected chi connectivity index (χ2v) is 14.6. The van der Waals surface area contributed by atoms with Crippen molar-refractivity contribution in [2.75, 3.05) is 9.80 Å². The Morgan fingerprint density at radius 3 is 1.51 bits per heavy atom. The van der Waals surface area contributed by atoms with Crippen molar-refractivity contribution in [3.05, 3.63) is 206 Å². The molecule has 1 fully saturated rings. The van der Waals surface area contributed by atoms with E-state index in [1.165, 1.54) is 38.6 Å². The molecular formula is C51H36N4. The van der Waals surface area contributed by atoms with E-state index < -0.39 is 0 Å². The minimum absolute atomic E-state index is 0.440. The van der Waals surface area contributed by atoms with E-state index in [1.54, 1.807) is 0 Å². The van der Waals surface area contributed by atoms with Gasteiger partial charge in [-0.1, -0.05) is 115 Å². The first-order valence-corrected chi connectivity index (χ1v) is 19.1. The molecule has 7 aromatic carbocycles. The van der Waals surface area contributed by atoms with Crippen molar-refractivity contribution in [2.24, 2.45) is 0 Å². The standard InChI is InChI=1S/C51H36N4/c1-5-16-35(17-6-1)54(36-18-7-2-8-19-36)39-28-34-29-45(41-24-13-14-25-43(41)50(34)52-32-39)42-26-15-27-44-49(42)47-31-46(47)48-30-40(33-53-51(44)48)55(37-20-9-3-10-21-37)38-22-11-4-12-23-38/h1-30,32-33,46-47H,31H2. The fourth-order valence-corrected chi connectivity index (χ4v) is 8.87. The number of pyridine rings is 2. The van der Waals surface area contributed by atoms with Crippen molar-refractivity contribution in [3.8, 4) is 22.4 Å². The lowest BCUT2D eigenvalue weighted by atomic mass is 9.82. The third-order valence-corrected chi connectivity index (χ3v) is 11.4. The van der Waals surface area contributed by atoms with Gasteiger partial charge < -0.3 is 9.80 Å². The van der Waals surface area contributed by atoms with Crippen molar-refractivity contribution in [3.63, 3.8) is 0 Å².